The van der Waals surface area contributed by atoms with Crippen molar-refractivity contribution in [1.29, 1.82) is 0 Å². The first-order chi connectivity index (χ1) is 12.4. The normalized spacial score (nSPS) is 17.1. The quantitative estimate of drug-likeness (QED) is 0.754. The molecule has 1 saturated heterocycles. The Labute approximate surface area is 162 Å². The summed E-state index contributed by atoms with van der Waals surface area (Å²) in [7, 11) is -3.56. The largest absolute Gasteiger partial charge is 0.481 e. The van der Waals surface area contributed by atoms with Crippen LogP contribution in [0.3, 0.4) is 0 Å². The van der Waals surface area contributed by atoms with Gasteiger partial charge >= 0.3 is 0 Å². The summed E-state index contributed by atoms with van der Waals surface area (Å²) in [6.07, 6.45) is -0.628. The van der Waals surface area contributed by atoms with Crippen LogP contribution in [-0.2, 0) is 14.8 Å². The Hall–Kier alpha value is -1.61. The second-order valence-corrected chi connectivity index (χ2v) is 9.74. The molecule has 1 unspecified atom stereocenters. The number of sulfonamides is 1. The number of nitrogens with zero attached hydrogens (tertiary/aromatic N) is 2. The van der Waals surface area contributed by atoms with Gasteiger partial charge in [0.2, 0.25) is 0 Å². The van der Waals surface area contributed by atoms with Gasteiger partial charge < -0.3 is 9.64 Å². The van der Waals surface area contributed by atoms with E-state index in [1.165, 1.54) is 10.4 Å². The molecule has 2 aromatic rings. The zero-order valence-electron chi connectivity index (χ0n) is 14.2. The molecule has 1 fully saturated rings. The highest BCUT2D eigenvalue weighted by Gasteiger charge is 2.32. The second kappa shape index (κ2) is 7.96. The number of carbonyl (C=O) groups is 1. The summed E-state index contributed by atoms with van der Waals surface area (Å²) in [5, 5.41) is 0. The van der Waals surface area contributed by atoms with E-state index in [0.717, 1.165) is 11.3 Å². The summed E-state index contributed by atoms with van der Waals surface area (Å²) in [5.41, 5.74) is 0. The Morgan fingerprint density at radius 3 is 2.35 bits per heavy atom. The van der Waals surface area contributed by atoms with Crippen LogP contribution in [0.5, 0.6) is 5.75 Å². The first-order valence-electron chi connectivity index (χ1n) is 8.14. The van der Waals surface area contributed by atoms with Gasteiger partial charge in [0.05, 0.1) is 4.34 Å². The van der Waals surface area contributed by atoms with Crippen molar-refractivity contribution >= 4 is 38.9 Å². The minimum atomic E-state index is -3.56. The third kappa shape index (κ3) is 4.20. The van der Waals surface area contributed by atoms with Crippen molar-refractivity contribution in [3.8, 4) is 5.75 Å². The fraction of sp³-hybridized carbons (Fsp3) is 0.353. The maximum atomic E-state index is 12.6. The molecular formula is C17H19ClN2O4S2. The van der Waals surface area contributed by atoms with Crippen molar-refractivity contribution in [2.75, 3.05) is 26.2 Å². The Morgan fingerprint density at radius 1 is 1.12 bits per heavy atom. The van der Waals surface area contributed by atoms with Crippen LogP contribution in [-0.4, -0.2) is 55.8 Å². The topological polar surface area (TPSA) is 66.9 Å². The number of benzene rings is 1. The number of thiophene rings is 1. The fourth-order valence-electron chi connectivity index (χ4n) is 2.72. The summed E-state index contributed by atoms with van der Waals surface area (Å²) in [6, 6.07) is 12.2. The van der Waals surface area contributed by atoms with Gasteiger partial charge in [-0.05, 0) is 31.2 Å². The number of halogens is 1. The molecule has 140 valence electrons. The molecule has 0 spiro atoms. The van der Waals surface area contributed by atoms with Gasteiger partial charge in [-0.2, -0.15) is 4.31 Å². The third-order valence-electron chi connectivity index (χ3n) is 4.10. The van der Waals surface area contributed by atoms with Crippen LogP contribution in [0.4, 0.5) is 0 Å². The van der Waals surface area contributed by atoms with E-state index in [-0.39, 0.29) is 23.2 Å². The van der Waals surface area contributed by atoms with Crippen molar-refractivity contribution in [3.63, 3.8) is 0 Å². The third-order valence-corrected chi connectivity index (χ3v) is 7.69. The van der Waals surface area contributed by atoms with Crippen LogP contribution in [0.1, 0.15) is 6.92 Å². The van der Waals surface area contributed by atoms with Gasteiger partial charge in [-0.25, -0.2) is 8.42 Å². The molecule has 9 heteroatoms. The maximum absolute atomic E-state index is 12.6. The van der Waals surface area contributed by atoms with Crippen molar-refractivity contribution in [3.05, 3.63) is 46.8 Å². The van der Waals surface area contributed by atoms with Crippen molar-refractivity contribution in [2.45, 2.75) is 17.2 Å². The lowest BCUT2D eigenvalue weighted by Crippen LogP contribution is -2.53. The second-order valence-electron chi connectivity index (χ2n) is 5.86. The van der Waals surface area contributed by atoms with E-state index in [0.29, 0.717) is 23.2 Å². The average molecular weight is 415 g/mol. The molecule has 1 aromatic carbocycles. The molecular weight excluding hydrogens is 396 g/mol. The first kappa shape index (κ1) is 19.2. The molecule has 0 saturated carbocycles. The Kier molecular flexibility index (Phi) is 5.86. The highest BCUT2D eigenvalue weighted by Crippen LogP contribution is 2.28. The summed E-state index contributed by atoms with van der Waals surface area (Å²) in [5.74, 6) is 0.481. The molecule has 0 radical (unpaired) electrons. The fourth-order valence-corrected chi connectivity index (χ4v) is 5.78. The van der Waals surface area contributed by atoms with Crippen LogP contribution in [0.25, 0.3) is 0 Å². The number of hydrogen-bond donors (Lipinski definition) is 0. The van der Waals surface area contributed by atoms with Crippen molar-refractivity contribution in [1.82, 2.24) is 9.21 Å². The highest BCUT2D eigenvalue weighted by atomic mass is 35.5. The van der Waals surface area contributed by atoms with E-state index in [9.17, 15) is 13.2 Å². The van der Waals surface area contributed by atoms with Gasteiger partial charge in [-0.3, -0.25) is 4.79 Å². The van der Waals surface area contributed by atoms with Gasteiger partial charge in [-0.15, -0.1) is 11.3 Å². The number of para-hydroxylation sites is 1. The summed E-state index contributed by atoms with van der Waals surface area (Å²) in [4.78, 5) is 14.2. The van der Waals surface area contributed by atoms with Crippen LogP contribution >= 0.6 is 22.9 Å². The van der Waals surface area contributed by atoms with Gasteiger partial charge in [-0.1, -0.05) is 29.8 Å². The Morgan fingerprint density at radius 2 is 1.77 bits per heavy atom. The minimum absolute atomic E-state index is 0.148. The molecule has 1 aliphatic heterocycles. The number of rotatable bonds is 5. The maximum Gasteiger partial charge on any atom is 0.263 e. The Balaban J connectivity index is 1.58. The SMILES string of the molecule is CC(Oc1ccccc1)C(=O)N1CCN(S(=O)(=O)c2ccc(Cl)s2)CC1. The van der Waals surface area contributed by atoms with E-state index >= 15 is 0 Å². The van der Waals surface area contributed by atoms with Gasteiger partial charge in [0.25, 0.3) is 15.9 Å². The molecule has 1 aromatic heterocycles. The molecule has 0 N–H and O–H groups in total. The van der Waals surface area contributed by atoms with Gasteiger partial charge in [0.1, 0.15) is 9.96 Å². The number of piperazine rings is 1. The van der Waals surface area contributed by atoms with E-state index in [1.807, 2.05) is 18.2 Å². The zero-order valence-corrected chi connectivity index (χ0v) is 16.6. The average Bonchev–Trinajstić information content (AvgIpc) is 3.09. The van der Waals surface area contributed by atoms with Crippen molar-refractivity contribution < 1.29 is 17.9 Å². The molecule has 3 rings (SSSR count). The molecule has 2 heterocycles. The predicted octanol–water partition coefficient (Wildman–Crippen LogP) is 2.70. The van der Waals surface area contributed by atoms with Gasteiger partial charge in [0, 0.05) is 26.2 Å². The first-order valence-corrected chi connectivity index (χ1v) is 10.8. The van der Waals surface area contributed by atoms with E-state index < -0.39 is 16.1 Å². The van der Waals surface area contributed by atoms with Crippen LogP contribution in [0, 0.1) is 0 Å². The monoisotopic (exact) mass is 414 g/mol. The van der Waals surface area contributed by atoms with Crippen molar-refractivity contribution in [2.24, 2.45) is 0 Å². The van der Waals surface area contributed by atoms with Gasteiger partial charge in [0.15, 0.2) is 6.10 Å². The molecule has 0 bridgehead atoms. The summed E-state index contributed by atoms with van der Waals surface area (Å²) in [6.45, 7) is 2.87. The number of ether oxygens (including phenoxy) is 1. The minimum Gasteiger partial charge on any atom is -0.481 e. The molecule has 1 atom stereocenters. The lowest BCUT2D eigenvalue weighted by molar-refractivity contribution is -0.139. The molecule has 1 aliphatic rings. The summed E-state index contributed by atoms with van der Waals surface area (Å²) < 4.78 is 32.9. The lowest BCUT2D eigenvalue weighted by Gasteiger charge is -2.34. The smallest absolute Gasteiger partial charge is 0.263 e. The standard InChI is InChI=1S/C17H19ClN2O4S2/c1-13(24-14-5-3-2-4-6-14)17(21)19-9-11-20(12-10-19)26(22,23)16-8-7-15(18)25-16/h2-8,13H,9-12H2,1H3. The predicted molar refractivity (Wildman–Crippen MR) is 101 cm³/mol. The van der Waals surface area contributed by atoms with Crippen LogP contribution < -0.4 is 4.74 Å². The molecule has 0 aliphatic carbocycles. The highest BCUT2D eigenvalue weighted by molar-refractivity contribution is 7.91. The van der Waals surface area contributed by atoms with E-state index in [1.54, 1.807) is 30.0 Å². The summed E-state index contributed by atoms with van der Waals surface area (Å²) >= 11 is 6.88. The van der Waals surface area contributed by atoms with Crippen LogP contribution in [0.2, 0.25) is 4.34 Å². The molecule has 1 amide bonds. The Bertz CT molecular complexity index is 862. The molecule has 26 heavy (non-hydrogen) atoms. The lowest BCUT2D eigenvalue weighted by atomic mass is 10.3. The molecule has 6 nitrogen and oxygen atoms in total. The number of amides is 1. The van der Waals surface area contributed by atoms with Crippen LogP contribution in [0.15, 0.2) is 46.7 Å². The number of carbonyl (C=O) groups excluding carboxylic acids is 1. The van der Waals surface area contributed by atoms with E-state index in [2.05, 4.69) is 0 Å². The number of hydrogen-bond acceptors (Lipinski definition) is 5. The zero-order chi connectivity index (χ0) is 18.7. The van der Waals surface area contributed by atoms with E-state index in [4.69, 9.17) is 16.3 Å².